The summed E-state index contributed by atoms with van der Waals surface area (Å²) in [5.74, 6) is 1.87. The maximum atomic E-state index is 12.5. The summed E-state index contributed by atoms with van der Waals surface area (Å²) in [6.45, 7) is 7.32. The van der Waals surface area contributed by atoms with E-state index in [2.05, 4.69) is 15.1 Å². The van der Waals surface area contributed by atoms with E-state index in [1.807, 2.05) is 25.5 Å². The molecule has 1 fully saturated rings. The minimum absolute atomic E-state index is 0.0896. The van der Waals surface area contributed by atoms with Crippen LogP contribution in [0.4, 0.5) is 0 Å². The quantitative estimate of drug-likeness (QED) is 0.855. The van der Waals surface area contributed by atoms with Gasteiger partial charge in [-0.2, -0.15) is 5.10 Å². The van der Waals surface area contributed by atoms with Crippen molar-refractivity contribution in [2.75, 3.05) is 19.7 Å². The van der Waals surface area contributed by atoms with Crippen molar-refractivity contribution in [3.05, 3.63) is 34.5 Å². The smallest absolute Gasteiger partial charge is 0.255 e. The fourth-order valence-corrected chi connectivity index (χ4v) is 2.85. The molecule has 8 heteroatoms. The number of likely N-dealkylation sites (tertiary alicyclic amines) is 1. The van der Waals surface area contributed by atoms with Crippen molar-refractivity contribution in [1.29, 1.82) is 0 Å². The Morgan fingerprint density at radius 1 is 1.43 bits per heavy atom. The van der Waals surface area contributed by atoms with Gasteiger partial charge in [0.15, 0.2) is 0 Å². The Morgan fingerprint density at radius 2 is 2.17 bits per heavy atom. The maximum Gasteiger partial charge on any atom is 0.255 e. The molecule has 7 nitrogen and oxygen atoms in total. The molecule has 3 rings (SSSR count). The van der Waals surface area contributed by atoms with E-state index < -0.39 is 0 Å². The second kappa shape index (κ2) is 6.16. The van der Waals surface area contributed by atoms with Gasteiger partial charge in [0.2, 0.25) is 5.88 Å². The molecule has 0 aromatic carbocycles. The number of amides is 1. The lowest BCUT2D eigenvalue weighted by Gasteiger charge is -2.39. The van der Waals surface area contributed by atoms with E-state index in [4.69, 9.17) is 16.3 Å². The van der Waals surface area contributed by atoms with Gasteiger partial charge in [-0.15, -0.1) is 0 Å². The van der Waals surface area contributed by atoms with Crippen molar-refractivity contribution in [3.8, 4) is 5.88 Å². The number of pyridine rings is 1. The predicted molar refractivity (Wildman–Crippen MR) is 84.9 cm³/mol. The molecule has 0 aliphatic carbocycles. The van der Waals surface area contributed by atoms with E-state index in [1.165, 1.54) is 6.20 Å². The number of aromatic nitrogens is 4. The molecule has 0 radical (unpaired) electrons. The monoisotopic (exact) mass is 335 g/mol. The first-order chi connectivity index (χ1) is 11.0. The lowest BCUT2D eigenvalue weighted by molar-refractivity contribution is 0.0496. The zero-order chi connectivity index (χ0) is 16.6. The maximum absolute atomic E-state index is 12.5. The number of carbonyl (C=O) groups is 1. The molecular weight excluding hydrogens is 318 g/mol. The van der Waals surface area contributed by atoms with Crippen LogP contribution in [0.1, 0.15) is 35.0 Å². The van der Waals surface area contributed by atoms with Gasteiger partial charge in [0.05, 0.1) is 18.2 Å². The fraction of sp³-hybridized carbons (Fsp3) is 0.467. The van der Waals surface area contributed by atoms with Crippen molar-refractivity contribution in [2.24, 2.45) is 0 Å². The van der Waals surface area contributed by atoms with Gasteiger partial charge in [0, 0.05) is 19.3 Å². The van der Waals surface area contributed by atoms with Crippen LogP contribution < -0.4 is 4.74 Å². The number of halogens is 1. The Kier molecular flexibility index (Phi) is 4.21. The Bertz CT molecular complexity index is 739. The molecule has 0 spiro atoms. The van der Waals surface area contributed by atoms with Crippen LogP contribution in [-0.2, 0) is 0 Å². The number of hydrogen-bond donors (Lipinski definition) is 0. The summed E-state index contributed by atoms with van der Waals surface area (Å²) in [4.78, 5) is 22.6. The minimum Gasteiger partial charge on any atom is -0.477 e. The largest absolute Gasteiger partial charge is 0.477 e. The molecule has 2 aromatic rings. The molecule has 0 bridgehead atoms. The van der Waals surface area contributed by atoms with Gasteiger partial charge in [0.25, 0.3) is 5.91 Å². The van der Waals surface area contributed by atoms with Gasteiger partial charge in [-0.25, -0.2) is 14.6 Å². The minimum atomic E-state index is -0.0896. The van der Waals surface area contributed by atoms with Crippen molar-refractivity contribution >= 4 is 17.5 Å². The van der Waals surface area contributed by atoms with Crippen LogP contribution in [0, 0.1) is 13.8 Å². The fourth-order valence-electron chi connectivity index (χ4n) is 2.63. The molecular formula is C15H18ClN5O2. The SMILES string of the molecule is CCOc1ncc(C(=O)N2CC(n3nc(C)nc3C)C2)cc1Cl. The number of nitrogens with zero attached hydrogens (tertiary/aromatic N) is 5. The van der Waals surface area contributed by atoms with Crippen LogP contribution >= 0.6 is 11.6 Å². The third kappa shape index (κ3) is 3.01. The van der Waals surface area contributed by atoms with Crippen molar-refractivity contribution < 1.29 is 9.53 Å². The lowest BCUT2D eigenvalue weighted by atomic mass is 10.1. The number of rotatable bonds is 4. The summed E-state index contributed by atoms with van der Waals surface area (Å²) in [5, 5.41) is 4.71. The summed E-state index contributed by atoms with van der Waals surface area (Å²) >= 11 is 6.09. The molecule has 0 saturated carbocycles. The first-order valence-corrected chi connectivity index (χ1v) is 7.84. The average Bonchev–Trinajstić information content (AvgIpc) is 2.78. The van der Waals surface area contributed by atoms with Crippen LogP contribution in [0.2, 0.25) is 5.02 Å². The van der Waals surface area contributed by atoms with Gasteiger partial charge in [-0.05, 0) is 26.8 Å². The highest BCUT2D eigenvalue weighted by atomic mass is 35.5. The Morgan fingerprint density at radius 3 is 2.74 bits per heavy atom. The van der Waals surface area contributed by atoms with E-state index in [1.54, 1.807) is 11.0 Å². The Balaban J connectivity index is 1.67. The van der Waals surface area contributed by atoms with Crippen molar-refractivity contribution in [2.45, 2.75) is 26.8 Å². The molecule has 0 unspecified atom stereocenters. The van der Waals surface area contributed by atoms with E-state index in [0.717, 1.165) is 11.6 Å². The van der Waals surface area contributed by atoms with Gasteiger partial charge >= 0.3 is 0 Å². The van der Waals surface area contributed by atoms with E-state index >= 15 is 0 Å². The standard InChI is InChI=1S/C15H18ClN5O2/c1-4-23-14-13(16)5-11(6-17-14)15(22)20-7-12(8-20)21-10(3)18-9(2)19-21/h5-6,12H,4,7-8H2,1-3H3. The predicted octanol–water partition coefficient (Wildman–Crippen LogP) is 2.04. The molecule has 0 atom stereocenters. The topological polar surface area (TPSA) is 73.1 Å². The van der Waals surface area contributed by atoms with Crippen LogP contribution in [0.3, 0.4) is 0 Å². The number of ether oxygens (including phenoxy) is 1. The van der Waals surface area contributed by atoms with Crippen molar-refractivity contribution in [3.63, 3.8) is 0 Å². The van der Waals surface area contributed by atoms with E-state index in [9.17, 15) is 4.79 Å². The summed E-state index contributed by atoms with van der Waals surface area (Å²) < 4.78 is 7.15. The normalized spacial score (nSPS) is 14.7. The molecule has 2 aromatic heterocycles. The van der Waals surface area contributed by atoms with Crippen LogP contribution in [0.15, 0.2) is 12.3 Å². The van der Waals surface area contributed by atoms with Crippen LogP contribution in [-0.4, -0.2) is 50.3 Å². The zero-order valence-corrected chi connectivity index (χ0v) is 14.0. The summed E-state index contributed by atoms with van der Waals surface area (Å²) in [5.41, 5.74) is 0.461. The van der Waals surface area contributed by atoms with Gasteiger partial charge in [0.1, 0.15) is 16.7 Å². The molecule has 0 N–H and O–H groups in total. The molecule has 23 heavy (non-hydrogen) atoms. The Hall–Kier alpha value is -2.15. The molecule has 1 aliphatic heterocycles. The summed E-state index contributed by atoms with van der Waals surface area (Å²) in [6.07, 6.45) is 1.50. The number of carbonyl (C=O) groups excluding carboxylic acids is 1. The first kappa shape index (κ1) is 15.7. The van der Waals surface area contributed by atoms with E-state index in [0.29, 0.717) is 36.2 Å². The highest BCUT2D eigenvalue weighted by Crippen LogP contribution is 2.26. The second-order valence-corrected chi connectivity index (χ2v) is 5.87. The van der Waals surface area contributed by atoms with Gasteiger partial charge in [-0.1, -0.05) is 11.6 Å². The highest BCUT2D eigenvalue weighted by Gasteiger charge is 2.34. The van der Waals surface area contributed by atoms with Gasteiger partial charge < -0.3 is 9.64 Å². The lowest BCUT2D eigenvalue weighted by Crippen LogP contribution is -2.51. The number of aryl methyl sites for hydroxylation is 2. The summed E-state index contributed by atoms with van der Waals surface area (Å²) in [7, 11) is 0. The van der Waals surface area contributed by atoms with Crippen LogP contribution in [0.25, 0.3) is 0 Å². The average molecular weight is 336 g/mol. The third-order valence-corrected chi connectivity index (χ3v) is 4.01. The molecule has 3 heterocycles. The van der Waals surface area contributed by atoms with Crippen LogP contribution in [0.5, 0.6) is 5.88 Å². The molecule has 1 saturated heterocycles. The molecule has 1 amide bonds. The molecule has 1 aliphatic rings. The number of hydrogen-bond acceptors (Lipinski definition) is 5. The highest BCUT2D eigenvalue weighted by molar-refractivity contribution is 6.32. The third-order valence-electron chi connectivity index (χ3n) is 3.74. The zero-order valence-electron chi connectivity index (χ0n) is 13.3. The first-order valence-electron chi connectivity index (χ1n) is 7.47. The summed E-state index contributed by atoms with van der Waals surface area (Å²) in [6, 6.07) is 1.77. The second-order valence-electron chi connectivity index (χ2n) is 5.46. The Labute approximate surface area is 139 Å². The molecule has 122 valence electrons. The van der Waals surface area contributed by atoms with Crippen molar-refractivity contribution in [1.82, 2.24) is 24.6 Å². The van der Waals surface area contributed by atoms with Gasteiger partial charge in [-0.3, -0.25) is 4.79 Å². The van der Waals surface area contributed by atoms with E-state index in [-0.39, 0.29) is 11.9 Å².